The van der Waals surface area contributed by atoms with Gasteiger partial charge in [-0.15, -0.1) is 0 Å². The highest BCUT2D eigenvalue weighted by Gasteiger charge is 2.35. The molecule has 3 rings (SSSR count). The highest BCUT2D eigenvalue weighted by molar-refractivity contribution is 7.89. The van der Waals surface area contributed by atoms with E-state index in [1.54, 1.807) is 62.8 Å². The van der Waals surface area contributed by atoms with Gasteiger partial charge in [0.05, 0.1) is 43.6 Å². The van der Waals surface area contributed by atoms with Crippen molar-refractivity contribution in [3.8, 4) is 23.6 Å². The van der Waals surface area contributed by atoms with Gasteiger partial charge < -0.3 is 14.6 Å². The van der Waals surface area contributed by atoms with Crippen LogP contribution in [0, 0.1) is 22.7 Å². The third kappa shape index (κ3) is 6.02. The lowest BCUT2D eigenvalue weighted by atomic mass is 9.99. The molecular weight excluding hydrogens is 478 g/mol. The van der Waals surface area contributed by atoms with Crippen molar-refractivity contribution in [2.75, 3.05) is 14.2 Å². The van der Waals surface area contributed by atoms with E-state index in [1.165, 1.54) is 29.4 Å². The number of rotatable bonds is 10. The van der Waals surface area contributed by atoms with Gasteiger partial charge in [-0.3, -0.25) is 0 Å². The van der Waals surface area contributed by atoms with Crippen LogP contribution < -0.4 is 9.47 Å². The van der Waals surface area contributed by atoms with Crippen molar-refractivity contribution in [3.63, 3.8) is 0 Å². The van der Waals surface area contributed by atoms with Gasteiger partial charge >= 0.3 is 0 Å². The molecule has 3 aromatic carbocycles. The summed E-state index contributed by atoms with van der Waals surface area (Å²) in [4.78, 5) is 0. The van der Waals surface area contributed by atoms with Gasteiger partial charge in [-0.2, -0.15) is 14.8 Å². The van der Waals surface area contributed by atoms with Gasteiger partial charge in [0.25, 0.3) is 0 Å². The summed E-state index contributed by atoms with van der Waals surface area (Å²) in [5.74, 6) is 1.30. The molecule has 0 saturated carbocycles. The zero-order valence-corrected chi connectivity index (χ0v) is 21.1. The summed E-state index contributed by atoms with van der Waals surface area (Å²) in [6.07, 6.45) is -1.48. The summed E-state index contributed by atoms with van der Waals surface area (Å²) in [7, 11) is -0.965. The van der Waals surface area contributed by atoms with Crippen molar-refractivity contribution in [2.24, 2.45) is 0 Å². The number of hydrogen-bond donors (Lipinski definition) is 1. The van der Waals surface area contributed by atoms with Crippen molar-refractivity contribution in [2.45, 2.75) is 31.4 Å². The SMILES string of the molecule is COc1ccc(CN(Cc2ccc(OC)cc2)S(=O)(=O)[C@@H](C)[C@@H](O)c2ccc(C#N)cc2C#N)cc1. The van der Waals surface area contributed by atoms with Crippen LogP contribution in [0.25, 0.3) is 0 Å². The zero-order chi connectivity index (χ0) is 26.3. The number of nitriles is 2. The molecule has 36 heavy (non-hydrogen) atoms. The zero-order valence-electron chi connectivity index (χ0n) is 20.2. The normalized spacial score (nSPS) is 12.9. The van der Waals surface area contributed by atoms with Gasteiger partial charge in [0.2, 0.25) is 10.0 Å². The Morgan fingerprint density at radius 3 is 1.78 bits per heavy atom. The van der Waals surface area contributed by atoms with Gasteiger partial charge in [0, 0.05) is 13.1 Å². The molecule has 0 aromatic heterocycles. The number of sulfonamides is 1. The minimum atomic E-state index is -4.07. The maximum absolute atomic E-state index is 13.8. The Bertz CT molecular complexity index is 1330. The fraction of sp³-hybridized carbons (Fsp3) is 0.259. The standard InChI is InChI=1S/C27H27N3O5S/c1-19(27(31)26-13-8-22(15-28)14-23(26)16-29)36(32,33)30(17-20-4-9-24(34-2)10-5-20)18-21-6-11-25(35-3)12-7-21/h4-14,19,27,31H,17-18H2,1-3H3/t19-,27+/m0/s1. The summed E-state index contributed by atoms with van der Waals surface area (Å²) in [6, 6.07) is 22.2. The Kier molecular flexibility index (Phi) is 8.68. The number of benzene rings is 3. The summed E-state index contributed by atoms with van der Waals surface area (Å²) in [5, 5.41) is 28.4. The second-order valence-corrected chi connectivity index (χ2v) is 10.5. The van der Waals surface area contributed by atoms with E-state index in [9.17, 15) is 18.8 Å². The number of aliphatic hydroxyl groups is 1. The Hall–Kier alpha value is -3.89. The van der Waals surface area contributed by atoms with Gasteiger partial charge in [0.15, 0.2) is 0 Å². The highest BCUT2D eigenvalue weighted by Crippen LogP contribution is 2.29. The van der Waals surface area contributed by atoms with E-state index in [4.69, 9.17) is 14.7 Å². The maximum Gasteiger partial charge on any atom is 0.220 e. The first-order valence-electron chi connectivity index (χ1n) is 11.1. The molecule has 0 heterocycles. The van der Waals surface area contributed by atoms with Crippen LogP contribution in [-0.4, -0.2) is 37.3 Å². The number of ether oxygens (including phenoxy) is 2. The summed E-state index contributed by atoms with van der Waals surface area (Å²) in [6.45, 7) is 1.54. The van der Waals surface area contributed by atoms with Crippen molar-refractivity contribution in [1.29, 1.82) is 10.5 Å². The maximum atomic E-state index is 13.8. The van der Waals surface area contributed by atoms with E-state index in [2.05, 4.69) is 0 Å². The fourth-order valence-electron chi connectivity index (χ4n) is 3.74. The van der Waals surface area contributed by atoms with Crippen LogP contribution in [0.3, 0.4) is 0 Å². The predicted octanol–water partition coefficient (Wildman–Crippen LogP) is 3.90. The van der Waals surface area contributed by atoms with Crippen LogP contribution in [0.5, 0.6) is 11.5 Å². The topological polar surface area (TPSA) is 124 Å². The molecule has 0 aliphatic carbocycles. The number of hydrogen-bond acceptors (Lipinski definition) is 7. The average molecular weight is 506 g/mol. The average Bonchev–Trinajstić information content (AvgIpc) is 2.92. The van der Waals surface area contributed by atoms with Crippen LogP contribution in [0.2, 0.25) is 0 Å². The summed E-state index contributed by atoms with van der Waals surface area (Å²) >= 11 is 0. The van der Waals surface area contributed by atoms with E-state index in [0.717, 1.165) is 11.1 Å². The molecule has 2 atom stereocenters. The van der Waals surface area contributed by atoms with E-state index in [0.29, 0.717) is 11.5 Å². The van der Waals surface area contributed by atoms with Crippen LogP contribution in [-0.2, 0) is 23.1 Å². The molecule has 0 bridgehead atoms. The van der Waals surface area contributed by atoms with Gasteiger partial charge in [-0.05, 0) is 60.0 Å². The Balaban J connectivity index is 1.96. The van der Waals surface area contributed by atoms with Gasteiger partial charge in [-0.1, -0.05) is 30.3 Å². The fourth-order valence-corrected chi connectivity index (χ4v) is 5.34. The molecule has 0 saturated heterocycles. The summed E-state index contributed by atoms with van der Waals surface area (Å²) < 4.78 is 39.3. The van der Waals surface area contributed by atoms with Crippen LogP contribution >= 0.6 is 0 Å². The minimum absolute atomic E-state index is 0.0560. The van der Waals surface area contributed by atoms with Gasteiger partial charge in [-0.25, -0.2) is 8.42 Å². The molecule has 0 amide bonds. The molecule has 0 fully saturated rings. The molecule has 9 heteroatoms. The largest absolute Gasteiger partial charge is 0.497 e. The van der Waals surface area contributed by atoms with Crippen molar-refractivity contribution in [1.82, 2.24) is 4.31 Å². The first-order valence-corrected chi connectivity index (χ1v) is 12.6. The lowest BCUT2D eigenvalue weighted by Gasteiger charge is -2.29. The molecule has 8 nitrogen and oxygen atoms in total. The second kappa shape index (κ2) is 11.7. The second-order valence-electron chi connectivity index (χ2n) is 8.18. The summed E-state index contributed by atoms with van der Waals surface area (Å²) in [5.41, 5.74) is 1.94. The molecule has 0 spiro atoms. The van der Waals surface area contributed by atoms with E-state index in [1.807, 2.05) is 12.1 Å². The third-order valence-corrected chi connectivity index (χ3v) is 8.11. The monoisotopic (exact) mass is 505 g/mol. The molecule has 0 aliphatic rings. The quantitative estimate of drug-likeness (QED) is 0.443. The third-order valence-electron chi connectivity index (χ3n) is 5.93. The number of methoxy groups -OCH3 is 2. The Morgan fingerprint density at radius 1 is 0.861 bits per heavy atom. The molecule has 0 unspecified atom stereocenters. The molecule has 0 radical (unpaired) electrons. The van der Waals surface area contributed by atoms with E-state index < -0.39 is 21.4 Å². The molecular formula is C27H27N3O5S. The highest BCUT2D eigenvalue weighted by atomic mass is 32.2. The van der Waals surface area contributed by atoms with Crippen molar-refractivity contribution < 1.29 is 23.0 Å². The minimum Gasteiger partial charge on any atom is -0.497 e. The number of nitrogens with zero attached hydrogens (tertiary/aromatic N) is 3. The van der Waals surface area contributed by atoms with Crippen LogP contribution in [0.15, 0.2) is 66.7 Å². The first kappa shape index (κ1) is 26.7. The molecule has 186 valence electrons. The van der Waals surface area contributed by atoms with Gasteiger partial charge in [0.1, 0.15) is 16.7 Å². The Morgan fingerprint density at radius 2 is 1.36 bits per heavy atom. The van der Waals surface area contributed by atoms with E-state index in [-0.39, 0.29) is 29.8 Å². The van der Waals surface area contributed by atoms with Crippen LogP contribution in [0.1, 0.15) is 40.8 Å². The number of aliphatic hydroxyl groups excluding tert-OH is 1. The molecule has 3 aromatic rings. The van der Waals surface area contributed by atoms with Crippen LogP contribution in [0.4, 0.5) is 0 Å². The molecule has 1 N–H and O–H groups in total. The smallest absolute Gasteiger partial charge is 0.220 e. The molecule has 0 aliphatic heterocycles. The predicted molar refractivity (Wildman–Crippen MR) is 134 cm³/mol. The Labute approximate surface area is 211 Å². The first-order chi connectivity index (χ1) is 17.2. The van der Waals surface area contributed by atoms with Crippen molar-refractivity contribution >= 4 is 10.0 Å². The van der Waals surface area contributed by atoms with Crippen molar-refractivity contribution in [3.05, 3.63) is 94.5 Å². The van der Waals surface area contributed by atoms with E-state index >= 15 is 0 Å². The lowest BCUT2D eigenvalue weighted by molar-refractivity contribution is 0.172. The lowest BCUT2D eigenvalue weighted by Crippen LogP contribution is -2.39.